The van der Waals surface area contributed by atoms with Gasteiger partial charge < -0.3 is 10.6 Å². The fourth-order valence-corrected chi connectivity index (χ4v) is 4.13. The van der Waals surface area contributed by atoms with Crippen molar-refractivity contribution in [1.29, 1.82) is 0 Å². The molecule has 5 nitrogen and oxygen atoms in total. The van der Waals surface area contributed by atoms with E-state index in [4.69, 9.17) is 0 Å². The molecule has 1 aromatic rings. The summed E-state index contributed by atoms with van der Waals surface area (Å²) < 4.78 is 23.8. The fourth-order valence-electron chi connectivity index (χ4n) is 2.10. The second-order valence-electron chi connectivity index (χ2n) is 4.98. The van der Waals surface area contributed by atoms with Crippen LogP contribution in [0.1, 0.15) is 13.3 Å². The second kappa shape index (κ2) is 6.30. The van der Waals surface area contributed by atoms with Crippen LogP contribution in [0.5, 0.6) is 0 Å². The lowest BCUT2D eigenvalue weighted by Gasteiger charge is -2.18. The van der Waals surface area contributed by atoms with Crippen molar-refractivity contribution in [3.8, 4) is 0 Å². The van der Waals surface area contributed by atoms with Crippen molar-refractivity contribution in [3.05, 3.63) is 27.8 Å². The molecular formula is C13H17IN2O3S. The zero-order chi connectivity index (χ0) is 14.8. The first-order chi connectivity index (χ1) is 9.35. The summed E-state index contributed by atoms with van der Waals surface area (Å²) in [5.74, 6) is 0.0388. The Hall–Kier alpha value is -0.830. The number of halogens is 1. The molecular weight excluding hydrogens is 391 g/mol. The Labute approximate surface area is 132 Å². The van der Waals surface area contributed by atoms with Gasteiger partial charge >= 0.3 is 0 Å². The molecule has 0 aliphatic carbocycles. The van der Waals surface area contributed by atoms with Gasteiger partial charge in [0.05, 0.1) is 11.5 Å². The number of anilines is 1. The molecule has 1 aromatic carbocycles. The molecule has 1 fully saturated rings. The van der Waals surface area contributed by atoms with Crippen LogP contribution in [-0.2, 0) is 14.6 Å². The number of amides is 1. The molecule has 1 amide bonds. The molecule has 1 aliphatic rings. The van der Waals surface area contributed by atoms with E-state index in [2.05, 4.69) is 33.2 Å². The van der Waals surface area contributed by atoms with Gasteiger partial charge in [-0.05, 0) is 60.2 Å². The molecule has 20 heavy (non-hydrogen) atoms. The van der Waals surface area contributed by atoms with Crippen LogP contribution in [0.4, 0.5) is 5.69 Å². The monoisotopic (exact) mass is 408 g/mol. The van der Waals surface area contributed by atoms with Gasteiger partial charge in [0, 0.05) is 15.3 Å². The Kier molecular flexibility index (Phi) is 4.90. The first kappa shape index (κ1) is 15.6. The largest absolute Gasteiger partial charge is 0.374 e. The van der Waals surface area contributed by atoms with Crippen molar-refractivity contribution in [2.24, 2.45) is 0 Å². The van der Waals surface area contributed by atoms with Gasteiger partial charge in [-0.1, -0.05) is 0 Å². The van der Waals surface area contributed by atoms with Gasteiger partial charge in [0.1, 0.15) is 6.04 Å². The van der Waals surface area contributed by atoms with Crippen molar-refractivity contribution in [1.82, 2.24) is 5.32 Å². The van der Waals surface area contributed by atoms with Crippen LogP contribution in [0.25, 0.3) is 0 Å². The highest BCUT2D eigenvalue weighted by Gasteiger charge is 2.29. The Morgan fingerprint density at radius 3 is 2.55 bits per heavy atom. The number of benzene rings is 1. The van der Waals surface area contributed by atoms with Crippen molar-refractivity contribution in [2.75, 3.05) is 16.8 Å². The topological polar surface area (TPSA) is 75.3 Å². The summed E-state index contributed by atoms with van der Waals surface area (Å²) in [6.07, 6.45) is 0.504. The van der Waals surface area contributed by atoms with Crippen LogP contribution >= 0.6 is 22.6 Å². The minimum absolute atomic E-state index is 0.0506. The zero-order valence-corrected chi connectivity index (χ0v) is 14.1. The van der Waals surface area contributed by atoms with Crippen molar-refractivity contribution < 1.29 is 13.2 Å². The molecule has 2 rings (SSSR count). The molecule has 0 bridgehead atoms. The molecule has 2 N–H and O–H groups in total. The highest BCUT2D eigenvalue weighted by atomic mass is 127. The molecule has 1 heterocycles. The third-order valence-electron chi connectivity index (χ3n) is 3.20. The van der Waals surface area contributed by atoms with Crippen molar-refractivity contribution in [3.63, 3.8) is 0 Å². The molecule has 0 unspecified atom stereocenters. The first-order valence-corrected chi connectivity index (χ1v) is 9.29. The lowest BCUT2D eigenvalue weighted by molar-refractivity contribution is -0.122. The van der Waals surface area contributed by atoms with Crippen LogP contribution in [0.3, 0.4) is 0 Å². The summed E-state index contributed by atoms with van der Waals surface area (Å²) >= 11 is 2.22. The smallest absolute Gasteiger partial charge is 0.242 e. The zero-order valence-electron chi connectivity index (χ0n) is 11.1. The summed E-state index contributed by atoms with van der Waals surface area (Å²) in [5, 5.41) is 5.88. The van der Waals surface area contributed by atoms with Gasteiger partial charge in [-0.25, -0.2) is 8.42 Å². The third-order valence-corrected chi connectivity index (χ3v) is 5.69. The predicted molar refractivity (Wildman–Crippen MR) is 87.4 cm³/mol. The molecule has 0 saturated carbocycles. The minimum atomic E-state index is -2.97. The third kappa shape index (κ3) is 4.34. The Bertz CT molecular complexity index is 586. The van der Waals surface area contributed by atoms with Crippen LogP contribution in [-0.4, -0.2) is 37.9 Å². The summed E-state index contributed by atoms with van der Waals surface area (Å²) in [6.45, 7) is 1.76. The number of hydrogen-bond donors (Lipinski definition) is 2. The highest BCUT2D eigenvalue weighted by molar-refractivity contribution is 14.1. The van der Waals surface area contributed by atoms with Gasteiger partial charge in [-0.2, -0.15) is 0 Å². The molecule has 0 aromatic heterocycles. The summed E-state index contributed by atoms with van der Waals surface area (Å²) in [4.78, 5) is 12.0. The summed E-state index contributed by atoms with van der Waals surface area (Å²) in [5.41, 5.74) is 0.868. The average Bonchev–Trinajstić information content (AvgIpc) is 2.71. The quantitative estimate of drug-likeness (QED) is 0.739. The predicted octanol–water partition coefficient (Wildman–Crippen LogP) is 1.39. The van der Waals surface area contributed by atoms with Gasteiger partial charge in [0.2, 0.25) is 5.91 Å². The van der Waals surface area contributed by atoms with E-state index < -0.39 is 15.9 Å². The van der Waals surface area contributed by atoms with E-state index >= 15 is 0 Å². The highest BCUT2D eigenvalue weighted by Crippen LogP contribution is 2.14. The number of carbonyl (C=O) groups is 1. The van der Waals surface area contributed by atoms with E-state index in [1.165, 1.54) is 0 Å². The average molecular weight is 408 g/mol. The Morgan fingerprint density at radius 1 is 1.35 bits per heavy atom. The number of carbonyl (C=O) groups excluding carboxylic acids is 1. The first-order valence-electron chi connectivity index (χ1n) is 6.39. The molecule has 0 radical (unpaired) electrons. The number of sulfone groups is 1. The molecule has 110 valence electrons. The molecule has 1 saturated heterocycles. The van der Waals surface area contributed by atoms with Crippen molar-refractivity contribution >= 4 is 44.0 Å². The van der Waals surface area contributed by atoms with E-state index in [1.54, 1.807) is 6.92 Å². The lowest BCUT2D eigenvalue weighted by atomic mass is 10.2. The standard InChI is InChI=1S/C13H17IN2O3S/c1-9(15-11-4-2-10(14)3-5-11)13(17)16-12-6-7-20(18,19)8-12/h2-5,9,12,15H,6-8H2,1H3,(H,16,17)/t9-,12+/m1/s1. The second-order valence-corrected chi connectivity index (χ2v) is 8.46. The SMILES string of the molecule is C[C@@H](Nc1ccc(I)cc1)C(=O)N[C@H]1CCS(=O)(=O)C1. The van der Waals surface area contributed by atoms with Crippen molar-refractivity contribution in [2.45, 2.75) is 25.4 Å². The lowest BCUT2D eigenvalue weighted by Crippen LogP contribution is -2.43. The van der Waals surface area contributed by atoms with E-state index in [0.717, 1.165) is 9.26 Å². The van der Waals surface area contributed by atoms with Crippen LogP contribution < -0.4 is 10.6 Å². The molecule has 2 atom stereocenters. The van der Waals surface area contributed by atoms with E-state index in [-0.39, 0.29) is 23.5 Å². The summed E-state index contributed by atoms with van der Waals surface area (Å²) in [7, 11) is -2.97. The number of rotatable bonds is 4. The Balaban J connectivity index is 1.88. The molecule has 1 aliphatic heterocycles. The van der Waals surface area contributed by atoms with E-state index in [9.17, 15) is 13.2 Å². The van der Waals surface area contributed by atoms with Gasteiger partial charge in [-0.3, -0.25) is 4.79 Å². The maximum absolute atomic E-state index is 12.0. The van der Waals surface area contributed by atoms with Gasteiger partial charge in [0.15, 0.2) is 9.84 Å². The maximum atomic E-state index is 12.0. The Morgan fingerprint density at radius 2 is 2.00 bits per heavy atom. The minimum Gasteiger partial charge on any atom is -0.374 e. The van der Waals surface area contributed by atoms with Crippen LogP contribution in [0, 0.1) is 3.57 Å². The number of nitrogens with one attached hydrogen (secondary N) is 2. The molecule has 7 heteroatoms. The normalized spacial score (nSPS) is 22.2. The van der Waals surface area contributed by atoms with Crippen LogP contribution in [0.2, 0.25) is 0 Å². The molecule has 0 spiro atoms. The van der Waals surface area contributed by atoms with E-state index in [1.807, 2.05) is 24.3 Å². The maximum Gasteiger partial charge on any atom is 0.242 e. The van der Waals surface area contributed by atoms with Gasteiger partial charge in [-0.15, -0.1) is 0 Å². The van der Waals surface area contributed by atoms with E-state index in [0.29, 0.717) is 6.42 Å². The summed E-state index contributed by atoms with van der Waals surface area (Å²) in [6, 6.07) is 7.07. The van der Waals surface area contributed by atoms with Crippen LogP contribution in [0.15, 0.2) is 24.3 Å². The number of hydrogen-bond acceptors (Lipinski definition) is 4. The van der Waals surface area contributed by atoms with Gasteiger partial charge in [0.25, 0.3) is 0 Å². The fraction of sp³-hybridized carbons (Fsp3) is 0.462.